The average Bonchev–Trinajstić information content (AvgIpc) is 2.93. The number of fused-ring (bicyclic) bond motifs is 1. The van der Waals surface area contributed by atoms with Crippen LogP contribution in [0.25, 0.3) is 0 Å². The molecule has 0 aliphatic carbocycles. The molecule has 2 aromatic rings. The van der Waals surface area contributed by atoms with E-state index in [4.69, 9.17) is 9.47 Å². The molecule has 2 aromatic carbocycles. The van der Waals surface area contributed by atoms with Crippen molar-refractivity contribution in [3.63, 3.8) is 0 Å². The lowest BCUT2D eigenvalue weighted by atomic mass is 10.1. The zero-order valence-corrected chi connectivity index (χ0v) is 15.1. The minimum atomic E-state index is -3.57. The summed E-state index contributed by atoms with van der Waals surface area (Å²) < 4.78 is 38.0. The Morgan fingerprint density at radius 3 is 2.29 bits per heavy atom. The zero-order chi connectivity index (χ0) is 17.5. The second-order valence-electron chi connectivity index (χ2n) is 6.18. The summed E-state index contributed by atoms with van der Waals surface area (Å²) in [5.41, 5.74) is 3.45. The molecule has 1 aliphatic rings. The molecule has 0 fully saturated rings. The normalized spacial score (nSPS) is 13.5. The van der Waals surface area contributed by atoms with Crippen LogP contribution in [0.4, 0.5) is 0 Å². The summed E-state index contributed by atoms with van der Waals surface area (Å²) in [4.78, 5) is 0.386. The molecular formula is C18H21NO4S. The van der Waals surface area contributed by atoms with Crippen LogP contribution in [0.5, 0.6) is 11.5 Å². The van der Waals surface area contributed by atoms with E-state index >= 15 is 0 Å². The van der Waals surface area contributed by atoms with Crippen LogP contribution in [0, 0.1) is 20.8 Å². The fraction of sp³-hybridized carbons (Fsp3) is 0.333. The summed E-state index contributed by atoms with van der Waals surface area (Å²) in [5, 5.41) is 0. The Morgan fingerprint density at radius 2 is 1.62 bits per heavy atom. The van der Waals surface area contributed by atoms with Crippen molar-refractivity contribution in [1.82, 2.24) is 4.31 Å². The van der Waals surface area contributed by atoms with Crippen LogP contribution >= 0.6 is 0 Å². The van der Waals surface area contributed by atoms with E-state index < -0.39 is 10.0 Å². The van der Waals surface area contributed by atoms with E-state index in [9.17, 15) is 8.42 Å². The highest BCUT2D eigenvalue weighted by atomic mass is 32.2. The van der Waals surface area contributed by atoms with Gasteiger partial charge in [0.2, 0.25) is 16.8 Å². The first-order chi connectivity index (χ1) is 11.3. The predicted octanol–water partition coefficient (Wildman–Crippen LogP) is 3.16. The van der Waals surface area contributed by atoms with Crippen LogP contribution in [0.1, 0.15) is 22.3 Å². The largest absolute Gasteiger partial charge is 0.454 e. The molecule has 5 nitrogen and oxygen atoms in total. The Kier molecular flexibility index (Phi) is 4.27. The number of benzene rings is 2. The monoisotopic (exact) mass is 347 g/mol. The number of ether oxygens (including phenoxy) is 2. The Morgan fingerprint density at radius 1 is 1.00 bits per heavy atom. The lowest BCUT2D eigenvalue weighted by Crippen LogP contribution is -2.27. The molecule has 1 aliphatic heterocycles. The highest BCUT2D eigenvalue weighted by molar-refractivity contribution is 7.89. The summed E-state index contributed by atoms with van der Waals surface area (Å²) in [6.07, 6.45) is 0. The first kappa shape index (κ1) is 16.8. The minimum Gasteiger partial charge on any atom is -0.454 e. The third-order valence-electron chi connectivity index (χ3n) is 4.12. The van der Waals surface area contributed by atoms with Crippen molar-refractivity contribution in [2.24, 2.45) is 0 Å². The van der Waals surface area contributed by atoms with Gasteiger partial charge < -0.3 is 9.47 Å². The average molecular weight is 347 g/mol. The predicted molar refractivity (Wildman–Crippen MR) is 91.9 cm³/mol. The molecule has 128 valence electrons. The first-order valence-corrected chi connectivity index (χ1v) is 9.16. The van der Waals surface area contributed by atoms with Crippen LogP contribution < -0.4 is 9.47 Å². The molecule has 0 atom stereocenters. The van der Waals surface area contributed by atoms with Crippen molar-refractivity contribution in [2.75, 3.05) is 13.8 Å². The van der Waals surface area contributed by atoms with Crippen LogP contribution in [-0.4, -0.2) is 26.6 Å². The Balaban J connectivity index is 1.90. The maximum Gasteiger partial charge on any atom is 0.243 e. The second-order valence-corrected chi connectivity index (χ2v) is 8.16. The van der Waals surface area contributed by atoms with Gasteiger partial charge in [-0.3, -0.25) is 0 Å². The van der Waals surface area contributed by atoms with Gasteiger partial charge in [0.1, 0.15) is 0 Å². The standard InChI is InChI=1S/C18H21NO4S/c1-12-7-13(2)18(14(3)8-12)24(20,21)19(4)10-15-5-6-16-17(9-15)23-11-22-16/h5-9H,10-11H2,1-4H3. The molecule has 3 rings (SSSR count). The molecule has 1 heterocycles. The van der Waals surface area contributed by atoms with Gasteiger partial charge in [0.15, 0.2) is 11.5 Å². The molecule has 0 radical (unpaired) electrons. The molecule has 0 saturated carbocycles. The SMILES string of the molecule is Cc1cc(C)c(S(=O)(=O)N(C)Cc2ccc3c(c2)OCO3)c(C)c1. The summed E-state index contributed by atoms with van der Waals surface area (Å²) >= 11 is 0. The number of rotatable bonds is 4. The fourth-order valence-corrected chi connectivity index (χ4v) is 4.67. The van der Waals surface area contributed by atoms with Gasteiger partial charge in [0.25, 0.3) is 0 Å². The summed E-state index contributed by atoms with van der Waals surface area (Å²) in [6.45, 7) is 6.11. The third-order valence-corrected chi connectivity index (χ3v) is 6.22. The zero-order valence-electron chi connectivity index (χ0n) is 14.3. The number of aryl methyl sites for hydroxylation is 3. The fourth-order valence-electron chi connectivity index (χ4n) is 3.11. The minimum absolute atomic E-state index is 0.203. The Hall–Kier alpha value is -2.05. The molecule has 0 spiro atoms. The van der Waals surface area contributed by atoms with E-state index in [0.717, 1.165) is 22.3 Å². The molecule has 6 heteroatoms. The quantitative estimate of drug-likeness (QED) is 0.852. The summed E-state index contributed by atoms with van der Waals surface area (Å²) in [7, 11) is -1.97. The van der Waals surface area contributed by atoms with Gasteiger partial charge in [-0.1, -0.05) is 23.8 Å². The van der Waals surface area contributed by atoms with Gasteiger partial charge in [-0.05, 0) is 49.6 Å². The van der Waals surface area contributed by atoms with E-state index in [2.05, 4.69) is 0 Å². The van der Waals surface area contributed by atoms with Crippen molar-refractivity contribution >= 4 is 10.0 Å². The van der Waals surface area contributed by atoms with Crippen molar-refractivity contribution in [1.29, 1.82) is 0 Å². The summed E-state index contributed by atoms with van der Waals surface area (Å²) in [6, 6.07) is 9.28. The van der Waals surface area contributed by atoms with E-state index in [1.165, 1.54) is 4.31 Å². The van der Waals surface area contributed by atoms with Crippen molar-refractivity contribution in [3.8, 4) is 11.5 Å². The second kappa shape index (κ2) is 6.11. The van der Waals surface area contributed by atoms with E-state index in [1.807, 2.05) is 45.0 Å². The smallest absolute Gasteiger partial charge is 0.243 e. The molecular weight excluding hydrogens is 326 g/mol. The maximum absolute atomic E-state index is 13.0. The molecule has 0 saturated heterocycles. The topological polar surface area (TPSA) is 55.8 Å². The summed E-state index contributed by atoms with van der Waals surface area (Å²) in [5.74, 6) is 1.34. The van der Waals surface area contributed by atoms with Crippen molar-refractivity contribution in [3.05, 3.63) is 52.6 Å². The van der Waals surface area contributed by atoms with Crippen LogP contribution in [0.15, 0.2) is 35.2 Å². The Labute approximate surface area is 142 Å². The molecule has 24 heavy (non-hydrogen) atoms. The number of hydrogen-bond acceptors (Lipinski definition) is 4. The van der Waals surface area contributed by atoms with Gasteiger partial charge in [0, 0.05) is 13.6 Å². The van der Waals surface area contributed by atoms with Crippen LogP contribution in [0.3, 0.4) is 0 Å². The third kappa shape index (κ3) is 2.99. The van der Waals surface area contributed by atoms with Crippen molar-refractivity contribution in [2.45, 2.75) is 32.2 Å². The van der Waals surface area contributed by atoms with Gasteiger partial charge >= 0.3 is 0 Å². The van der Waals surface area contributed by atoms with Gasteiger partial charge in [0.05, 0.1) is 4.90 Å². The molecule has 0 bridgehead atoms. The molecule has 0 amide bonds. The number of hydrogen-bond donors (Lipinski definition) is 0. The highest BCUT2D eigenvalue weighted by Crippen LogP contribution is 2.33. The number of nitrogens with zero attached hydrogens (tertiary/aromatic N) is 1. The van der Waals surface area contributed by atoms with E-state index in [0.29, 0.717) is 16.4 Å². The molecule has 0 unspecified atom stereocenters. The van der Waals surface area contributed by atoms with Crippen LogP contribution in [0.2, 0.25) is 0 Å². The van der Waals surface area contributed by atoms with Gasteiger partial charge in [-0.15, -0.1) is 0 Å². The van der Waals surface area contributed by atoms with Gasteiger partial charge in [-0.25, -0.2) is 8.42 Å². The molecule has 0 aromatic heterocycles. The van der Waals surface area contributed by atoms with Crippen LogP contribution in [-0.2, 0) is 16.6 Å². The van der Waals surface area contributed by atoms with Gasteiger partial charge in [-0.2, -0.15) is 4.31 Å². The highest BCUT2D eigenvalue weighted by Gasteiger charge is 2.25. The maximum atomic E-state index is 13.0. The number of sulfonamides is 1. The molecule has 0 N–H and O–H groups in total. The lowest BCUT2D eigenvalue weighted by Gasteiger charge is -2.20. The first-order valence-electron chi connectivity index (χ1n) is 7.72. The van der Waals surface area contributed by atoms with Crippen molar-refractivity contribution < 1.29 is 17.9 Å². The Bertz CT molecular complexity index is 867. The van der Waals surface area contributed by atoms with E-state index in [-0.39, 0.29) is 13.3 Å². The van der Waals surface area contributed by atoms with E-state index in [1.54, 1.807) is 13.1 Å². The lowest BCUT2D eigenvalue weighted by molar-refractivity contribution is 0.174.